The molecule has 5 nitrogen and oxygen atoms in total. The maximum Gasteiger partial charge on any atom is 0.317 e. The largest absolute Gasteiger partial charge is 0.481 e. The number of aliphatic carboxylic acids is 1. The molecule has 0 saturated heterocycles. The van der Waals surface area contributed by atoms with Gasteiger partial charge in [0.15, 0.2) is 0 Å². The van der Waals surface area contributed by atoms with Crippen LogP contribution in [0.4, 0.5) is 4.79 Å². The molecule has 0 radical (unpaired) electrons. The summed E-state index contributed by atoms with van der Waals surface area (Å²) in [6.07, 6.45) is 1.62. The first kappa shape index (κ1) is 15.8. The molecule has 108 valence electrons. The fourth-order valence-electron chi connectivity index (χ4n) is 1.86. The molecule has 0 bridgehead atoms. The Morgan fingerprint density at radius 3 is 2.55 bits per heavy atom. The Morgan fingerprint density at radius 1 is 1.35 bits per heavy atom. The number of hydrogen-bond donors (Lipinski definition) is 2. The second-order valence-corrected chi connectivity index (χ2v) is 4.33. The molecule has 1 rings (SSSR count). The molecule has 0 saturated carbocycles. The lowest BCUT2D eigenvalue weighted by atomic mass is 10.0. The van der Waals surface area contributed by atoms with Crippen molar-refractivity contribution < 1.29 is 14.7 Å². The number of benzene rings is 1. The van der Waals surface area contributed by atoms with Crippen molar-refractivity contribution in [2.24, 2.45) is 0 Å². The first-order valence-electron chi connectivity index (χ1n) is 6.50. The van der Waals surface area contributed by atoms with Crippen molar-refractivity contribution in [2.75, 3.05) is 13.1 Å². The third-order valence-electron chi connectivity index (χ3n) is 2.91. The summed E-state index contributed by atoms with van der Waals surface area (Å²) < 4.78 is 0. The molecule has 0 atom stereocenters. The van der Waals surface area contributed by atoms with Gasteiger partial charge in [-0.1, -0.05) is 30.3 Å². The molecule has 0 aliphatic carbocycles. The van der Waals surface area contributed by atoms with Crippen LogP contribution in [0.5, 0.6) is 0 Å². The lowest BCUT2D eigenvalue weighted by Gasteiger charge is -2.20. The van der Waals surface area contributed by atoms with Gasteiger partial charge in [0.05, 0.1) is 6.42 Å². The van der Waals surface area contributed by atoms with Crippen LogP contribution in [0.3, 0.4) is 0 Å². The highest BCUT2D eigenvalue weighted by atomic mass is 16.4. The highest BCUT2D eigenvalue weighted by Crippen LogP contribution is 2.09. The van der Waals surface area contributed by atoms with Crippen molar-refractivity contribution in [3.63, 3.8) is 0 Å². The number of carbonyl (C=O) groups excluding carboxylic acids is 1. The summed E-state index contributed by atoms with van der Waals surface area (Å²) >= 11 is 0. The number of carboxylic acids is 1. The van der Waals surface area contributed by atoms with E-state index in [2.05, 4.69) is 11.9 Å². The molecule has 0 heterocycles. The smallest absolute Gasteiger partial charge is 0.317 e. The van der Waals surface area contributed by atoms with E-state index >= 15 is 0 Å². The number of hydrogen-bond acceptors (Lipinski definition) is 2. The van der Waals surface area contributed by atoms with E-state index in [0.717, 1.165) is 5.56 Å². The standard InChI is InChI=1S/C15H20N2O3/c1-3-9-17(4-2)15(20)16-11-13-8-6-5-7-12(13)10-14(18)19/h3,5-8H,1,4,9-11H2,2H3,(H,16,20)(H,18,19). The number of carboxylic acid groups (broad SMARTS) is 1. The van der Waals surface area contributed by atoms with E-state index in [0.29, 0.717) is 25.2 Å². The zero-order valence-corrected chi connectivity index (χ0v) is 11.6. The van der Waals surface area contributed by atoms with Gasteiger partial charge in [-0.25, -0.2) is 4.79 Å². The summed E-state index contributed by atoms with van der Waals surface area (Å²) in [4.78, 5) is 24.3. The van der Waals surface area contributed by atoms with Gasteiger partial charge in [0.2, 0.25) is 0 Å². The number of amides is 2. The summed E-state index contributed by atoms with van der Waals surface area (Å²) in [5.74, 6) is -0.884. The molecule has 1 aromatic rings. The Hall–Kier alpha value is -2.30. The van der Waals surface area contributed by atoms with E-state index in [1.165, 1.54) is 0 Å². The van der Waals surface area contributed by atoms with Crippen molar-refractivity contribution in [2.45, 2.75) is 19.9 Å². The predicted molar refractivity (Wildman–Crippen MR) is 77.5 cm³/mol. The van der Waals surface area contributed by atoms with Crippen LogP contribution in [0.25, 0.3) is 0 Å². The van der Waals surface area contributed by atoms with Gasteiger partial charge in [-0.15, -0.1) is 6.58 Å². The Balaban J connectivity index is 2.67. The second kappa shape index (κ2) is 7.99. The van der Waals surface area contributed by atoms with E-state index < -0.39 is 5.97 Å². The maximum absolute atomic E-state index is 11.9. The van der Waals surface area contributed by atoms with E-state index in [9.17, 15) is 9.59 Å². The minimum Gasteiger partial charge on any atom is -0.481 e. The minimum atomic E-state index is -0.884. The van der Waals surface area contributed by atoms with Crippen LogP contribution >= 0.6 is 0 Å². The fourth-order valence-corrected chi connectivity index (χ4v) is 1.86. The molecule has 0 fully saturated rings. The quantitative estimate of drug-likeness (QED) is 0.749. The van der Waals surface area contributed by atoms with Crippen molar-refractivity contribution in [3.05, 3.63) is 48.0 Å². The third-order valence-corrected chi connectivity index (χ3v) is 2.91. The number of likely N-dealkylation sites (N-methyl/N-ethyl adjacent to an activating group) is 1. The van der Waals surface area contributed by atoms with Crippen LogP contribution < -0.4 is 5.32 Å². The molecule has 0 aromatic heterocycles. The lowest BCUT2D eigenvalue weighted by Crippen LogP contribution is -2.39. The van der Waals surface area contributed by atoms with Gasteiger partial charge in [0.1, 0.15) is 0 Å². The molecule has 2 N–H and O–H groups in total. The van der Waals surface area contributed by atoms with Gasteiger partial charge in [-0.2, -0.15) is 0 Å². The second-order valence-electron chi connectivity index (χ2n) is 4.33. The lowest BCUT2D eigenvalue weighted by molar-refractivity contribution is -0.136. The van der Waals surface area contributed by atoms with E-state index in [4.69, 9.17) is 5.11 Å². The molecule has 20 heavy (non-hydrogen) atoms. The monoisotopic (exact) mass is 276 g/mol. The van der Waals surface area contributed by atoms with Crippen LogP contribution in [0, 0.1) is 0 Å². The molecule has 0 spiro atoms. The average molecular weight is 276 g/mol. The number of carbonyl (C=O) groups is 2. The molecule has 2 amide bonds. The number of rotatable bonds is 7. The highest BCUT2D eigenvalue weighted by molar-refractivity contribution is 5.74. The minimum absolute atomic E-state index is 0.0454. The van der Waals surface area contributed by atoms with E-state index in [1.807, 2.05) is 19.1 Å². The fraction of sp³-hybridized carbons (Fsp3) is 0.333. The molecular formula is C15H20N2O3. The Morgan fingerprint density at radius 2 is 2.00 bits per heavy atom. The first-order valence-corrected chi connectivity index (χ1v) is 6.50. The zero-order valence-electron chi connectivity index (χ0n) is 11.6. The number of nitrogens with zero attached hydrogens (tertiary/aromatic N) is 1. The van der Waals surface area contributed by atoms with Crippen LogP contribution in [-0.4, -0.2) is 35.1 Å². The number of nitrogens with one attached hydrogen (secondary N) is 1. The topological polar surface area (TPSA) is 69.6 Å². The third kappa shape index (κ3) is 4.76. The van der Waals surface area contributed by atoms with E-state index in [1.54, 1.807) is 23.1 Å². The zero-order chi connectivity index (χ0) is 15.0. The van der Waals surface area contributed by atoms with Gasteiger partial charge in [0.25, 0.3) is 0 Å². The van der Waals surface area contributed by atoms with Gasteiger partial charge >= 0.3 is 12.0 Å². The van der Waals surface area contributed by atoms with E-state index in [-0.39, 0.29) is 12.5 Å². The molecule has 0 unspecified atom stereocenters. The van der Waals surface area contributed by atoms with Gasteiger partial charge in [-0.3, -0.25) is 4.79 Å². The summed E-state index contributed by atoms with van der Waals surface area (Å²) in [5.41, 5.74) is 1.53. The maximum atomic E-state index is 11.9. The highest BCUT2D eigenvalue weighted by Gasteiger charge is 2.11. The normalized spacial score (nSPS) is 9.85. The predicted octanol–water partition coefficient (Wildman–Crippen LogP) is 2.03. The molecule has 5 heteroatoms. The van der Waals surface area contributed by atoms with Crippen LogP contribution in [-0.2, 0) is 17.8 Å². The van der Waals surface area contributed by atoms with Crippen molar-refractivity contribution in [1.29, 1.82) is 0 Å². The Bertz CT molecular complexity index is 486. The summed E-state index contributed by atoms with van der Waals surface area (Å²) in [7, 11) is 0. The average Bonchev–Trinajstić information content (AvgIpc) is 2.43. The van der Waals surface area contributed by atoms with Gasteiger partial charge in [0, 0.05) is 19.6 Å². The SMILES string of the molecule is C=CCN(CC)C(=O)NCc1ccccc1CC(=O)O. The Labute approximate surface area is 118 Å². The van der Waals surface area contributed by atoms with Crippen LogP contribution in [0.15, 0.2) is 36.9 Å². The molecule has 0 aliphatic rings. The molecule has 0 aliphatic heterocycles. The van der Waals surface area contributed by atoms with Gasteiger partial charge in [-0.05, 0) is 18.1 Å². The van der Waals surface area contributed by atoms with Crippen LogP contribution in [0.2, 0.25) is 0 Å². The van der Waals surface area contributed by atoms with Crippen LogP contribution in [0.1, 0.15) is 18.1 Å². The van der Waals surface area contributed by atoms with Crippen molar-refractivity contribution >= 4 is 12.0 Å². The Kier molecular flexibility index (Phi) is 6.29. The first-order chi connectivity index (χ1) is 9.58. The summed E-state index contributed by atoms with van der Waals surface area (Å²) in [6.45, 7) is 6.89. The summed E-state index contributed by atoms with van der Waals surface area (Å²) in [6, 6.07) is 7.02. The van der Waals surface area contributed by atoms with Crippen molar-refractivity contribution in [1.82, 2.24) is 10.2 Å². The summed E-state index contributed by atoms with van der Waals surface area (Å²) in [5, 5.41) is 11.7. The molecular weight excluding hydrogens is 256 g/mol. The van der Waals surface area contributed by atoms with Crippen molar-refractivity contribution in [3.8, 4) is 0 Å². The number of urea groups is 1. The molecule has 1 aromatic carbocycles. The van der Waals surface area contributed by atoms with Gasteiger partial charge < -0.3 is 15.3 Å².